The van der Waals surface area contributed by atoms with Crippen LogP contribution in [0.15, 0.2) is 42.5 Å². The summed E-state index contributed by atoms with van der Waals surface area (Å²) in [5, 5.41) is 19.8. The van der Waals surface area contributed by atoms with Crippen molar-refractivity contribution in [3.8, 4) is 23.0 Å². The van der Waals surface area contributed by atoms with Crippen molar-refractivity contribution in [3.05, 3.63) is 53.6 Å². The van der Waals surface area contributed by atoms with Crippen LogP contribution in [0.25, 0.3) is 6.08 Å². The first-order valence-corrected chi connectivity index (χ1v) is 9.76. The van der Waals surface area contributed by atoms with Crippen molar-refractivity contribution < 1.29 is 88.8 Å². The molecule has 0 atom stereocenters. The number of aromatic hydroxyl groups is 2. The Bertz CT molecular complexity index is 986. The molecular weight excluding hydrogens is 427 g/mol. The Morgan fingerprint density at radius 1 is 1.14 bits per heavy atom. The zero-order chi connectivity index (χ0) is 20.7. The molecular formula is C19H19KO8S. The fraction of sp³-hybridized carbons (Fsp3) is 0.211. The monoisotopic (exact) mass is 446 g/mol. The standard InChI is InChI=1S/C19H20O8S.K/c1-26-19-8-4-13(11-18(19)22)3-7-16(20)15-6-5-14(12-17(15)21)27-9-2-10-28(23,24)25;/h3-8,11-12,21-22H,2,9-10H2,1H3,(H,23,24,25);/q;+1/p-1/b7-3+;. The maximum atomic E-state index is 12.3. The molecule has 0 saturated carbocycles. The molecule has 2 aromatic rings. The molecule has 10 heteroatoms. The van der Waals surface area contributed by atoms with Gasteiger partial charge >= 0.3 is 51.4 Å². The van der Waals surface area contributed by atoms with Gasteiger partial charge in [0, 0.05) is 11.8 Å². The van der Waals surface area contributed by atoms with Crippen molar-refractivity contribution in [2.75, 3.05) is 19.5 Å². The number of allylic oxidation sites excluding steroid dienone is 1. The second-order valence-electron chi connectivity index (χ2n) is 5.77. The first kappa shape index (κ1) is 25.6. The second-order valence-corrected chi connectivity index (χ2v) is 7.30. The summed E-state index contributed by atoms with van der Waals surface area (Å²) in [6.45, 7) is -0.0188. The van der Waals surface area contributed by atoms with E-state index in [1.807, 2.05) is 0 Å². The van der Waals surface area contributed by atoms with Crippen molar-refractivity contribution in [1.29, 1.82) is 0 Å². The molecule has 0 amide bonds. The van der Waals surface area contributed by atoms with E-state index in [9.17, 15) is 28.0 Å². The molecule has 0 aliphatic carbocycles. The van der Waals surface area contributed by atoms with Crippen LogP contribution in [-0.4, -0.2) is 48.4 Å². The molecule has 0 aromatic heterocycles. The average Bonchev–Trinajstić information content (AvgIpc) is 2.63. The van der Waals surface area contributed by atoms with Crippen molar-refractivity contribution in [2.24, 2.45) is 0 Å². The Morgan fingerprint density at radius 2 is 1.86 bits per heavy atom. The minimum atomic E-state index is -4.29. The Hall–Kier alpha value is -1.40. The smallest absolute Gasteiger partial charge is 0.748 e. The van der Waals surface area contributed by atoms with Crippen molar-refractivity contribution in [2.45, 2.75) is 6.42 Å². The van der Waals surface area contributed by atoms with Gasteiger partial charge in [0.1, 0.15) is 11.5 Å². The maximum Gasteiger partial charge on any atom is 1.00 e. The van der Waals surface area contributed by atoms with E-state index in [1.165, 1.54) is 43.5 Å². The fourth-order valence-corrected chi connectivity index (χ4v) is 2.78. The molecule has 0 saturated heterocycles. The third-order valence-electron chi connectivity index (χ3n) is 3.67. The first-order chi connectivity index (χ1) is 13.2. The number of ether oxygens (including phenoxy) is 2. The summed E-state index contributed by atoms with van der Waals surface area (Å²) in [7, 11) is -2.87. The Morgan fingerprint density at radius 3 is 2.45 bits per heavy atom. The van der Waals surface area contributed by atoms with E-state index in [0.717, 1.165) is 0 Å². The summed E-state index contributed by atoms with van der Waals surface area (Å²) in [5.74, 6) is -0.823. The van der Waals surface area contributed by atoms with Gasteiger partial charge in [-0.3, -0.25) is 4.79 Å². The summed E-state index contributed by atoms with van der Waals surface area (Å²) < 4.78 is 41.7. The summed E-state index contributed by atoms with van der Waals surface area (Å²) in [5.41, 5.74) is 0.614. The molecule has 2 N–H and O–H groups in total. The van der Waals surface area contributed by atoms with Crippen LogP contribution < -0.4 is 60.9 Å². The van der Waals surface area contributed by atoms with Crippen LogP contribution in [-0.2, 0) is 10.1 Å². The molecule has 0 spiro atoms. The van der Waals surface area contributed by atoms with Gasteiger partial charge < -0.3 is 24.2 Å². The van der Waals surface area contributed by atoms with Gasteiger partial charge in [-0.15, -0.1) is 0 Å². The molecule has 0 aliphatic heterocycles. The van der Waals surface area contributed by atoms with Crippen molar-refractivity contribution >= 4 is 22.0 Å². The van der Waals surface area contributed by atoms with Gasteiger partial charge in [0.05, 0.1) is 29.4 Å². The molecule has 0 unspecified atom stereocenters. The predicted octanol–water partition coefficient (Wildman–Crippen LogP) is -0.679. The second kappa shape index (κ2) is 11.7. The number of phenols is 2. The SMILES string of the molecule is COc1ccc(/C=C/C(=O)c2ccc(OCCCS(=O)(=O)[O-])cc2O)cc1O.[K+]. The van der Waals surface area contributed by atoms with Crippen LogP contribution in [0.3, 0.4) is 0 Å². The van der Waals surface area contributed by atoms with Gasteiger partial charge in [0.15, 0.2) is 17.3 Å². The quantitative estimate of drug-likeness (QED) is 0.170. The third kappa shape index (κ3) is 8.47. The molecule has 0 bridgehead atoms. The maximum absolute atomic E-state index is 12.3. The van der Waals surface area contributed by atoms with E-state index in [2.05, 4.69) is 0 Å². The van der Waals surface area contributed by atoms with Gasteiger partial charge in [-0.1, -0.05) is 12.1 Å². The summed E-state index contributed by atoms with van der Waals surface area (Å²) in [4.78, 5) is 12.3. The minimum absolute atomic E-state index is 0. The minimum Gasteiger partial charge on any atom is -0.748 e. The molecule has 8 nitrogen and oxygen atoms in total. The number of rotatable bonds is 9. The number of ketones is 1. The zero-order valence-electron chi connectivity index (χ0n) is 16.0. The summed E-state index contributed by atoms with van der Waals surface area (Å²) in [6, 6.07) is 8.69. The Balaban J connectivity index is 0.00000420. The van der Waals surface area contributed by atoms with E-state index >= 15 is 0 Å². The molecule has 0 radical (unpaired) electrons. The van der Waals surface area contributed by atoms with Gasteiger partial charge in [-0.25, -0.2) is 8.42 Å². The number of phenolic OH excluding ortho intramolecular Hbond substituents is 2. The number of methoxy groups -OCH3 is 1. The normalized spacial score (nSPS) is 11.1. The molecule has 2 rings (SSSR count). The van der Waals surface area contributed by atoms with Crippen LogP contribution >= 0.6 is 0 Å². The van der Waals surface area contributed by atoms with Crippen LogP contribution in [0.5, 0.6) is 23.0 Å². The number of carbonyl (C=O) groups excluding carboxylic acids is 1. The van der Waals surface area contributed by atoms with Crippen LogP contribution in [0, 0.1) is 0 Å². The van der Waals surface area contributed by atoms with E-state index in [1.54, 1.807) is 12.1 Å². The number of hydrogen-bond donors (Lipinski definition) is 2. The van der Waals surface area contributed by atoms with E-state index in [0.29, 0.717) is 11.3 Å². The van der Waals surface area contributed by atoms with E-state index < -0.39 is 21.7 Å². The number of carbonyl (C=O) groups is 1. The van der Waals surface area contributed by atoms with Crippen molar-refractivity contribution in [3.63, 3.8) is 0 Å². The Kier molecular flexibility index (Phi) is 10.3. The van der Waals surface area contributed by atoms with Crippen molar-refractivity contribution in [1.82, 2.24) is 0 Å². The fourth-order valence-electron chi connectivity index (χ4n) is 2.31. The van der Waals surface area contributed by atoms with Gasteiger partial charge in [0.25, 0.3) is 0 Å². The first-order valence-electron chi connectivity index (χ1n) is 8.18. The van der Waals surface area contributed by atoms with E-state index in [-0.39, 0.29) is 87.2 Å². The van der Waals surface area contributed by atoms with Crippen LogP contribution in [0.2, 0.25) is 0 Å². The Labute approximate surface area is 211 Å². The topological polar surface area (TPSA) is 133 Å². The predicted molar refractivity (Wildman–Crippen MR) is 101 cm³/mol. The molecule has 2 aromatic carbocycles. The molecule has 0 fully saturated rings. The molecule has 150 valence electrons. The average molecular weight is 447 g/mol. The van der Waals surface area contributed by atoms with Gasteiger partial charge in [-0.2, -0.15) is 0 Å². The summed E-state index contributed by atoms with van der Waals surface area (Å²) >= 11 is 0. The summed E-state index contributed by atoms with van der Waals surface area (Å²) in [6.07, 6.45) is 2.75. The van der Waals surface area contributed by atoms with Gasteiger partial charge in [0.2, 0.25) is 0 Å². The van der Waals surface area contributed by atoms with Crippen LogP contribution in [0.4, 0.5) is 0 Å². The largest absolute Gasteiger partial charge is 1.00 e. The third-order valence-corrected chi connectivity index (χ3v) is 4.46. The van der Waals surface area contributed by atoms with Gasteiger partial charge in [-0.05, 0) is 42.3 Å². The molecule has 0 aliphatic rings. The number of benzene rings is 2. The van der Waals surface area contributed by atoms with E-state index in [4.69, 9.17) is 9.47 Å². The zero-order valence-corrected chi connectivity index (χ0v) is 19.9. The molecule has 29 heavy (non-hydrogen) atoms. The molecule has 0 heterocycles. The van der Waals surface area contributed by atoms with Crippen LogP contribution in [0.1, 0.15) is 22.3 Å². The number of hydrogen-bond acceptors (Lipinski definition) is 8.